The third-order valence-corrected chi connectivity index (χ3v) is 9.16. The summed E-state index contributed by atoms with van der Waals surface area (Å²) in [7, 11) is -1.25. The molecule has 178 valence electrons. The van der Waals surface area contributed by atoms with Crippen molar-refractivity contribution in [3.05, 3.63) is 30.4 Å². The van der Waals surface area contributed by atoms with Crippen LogP contribution in [0.5, 0.6) is 0 Å². The third kappa shape index (κ3) is 4.61. The molecule has 3 aromatic heterocycles. The normalized spacial score (nSPS) is 24.8. The van der Waals surface area contributed by atoms with Crippen molar-refractivity contribution in [1.29, 1.82) is 0 Å². The van der Waals surface area contributed by atoms with Crippen LogP contribution in [0.3, 0.4) is 0 Å². The molecule has 33 heavy (non-hydrogen) atoms. The number of piperidine rings is 1. The smallest absolute Gasteiger partial charge is 0.220 e. The van der Waals surface area contributed by atoms with Crippen molar-refractivity contribution in [3.8, 4) is 0 Å². The Morgan fingerprint density at radius 3 is 2.76 bits per heavy atom. The van der Waals surface area contributed by atoms with E-state index in [-0.39, 0.29) is 17.6 Å². The van der Waals surface area contributed by atoms with Crippen LogP contribution in [0, 0.1) is 12.8 Å². The van der Waals surface area contributed by atoms with Crippen LogP contribution in [0.25, 0.3) is 11.0 Å². The molecule has 4 heterocycles. The van der Waals surface area contributed by atoms with Crippen molar-refractivity contribution in [2.45, 2.75) is 57.4 Å². The van der Waals surface area contributed by atoms with Gasteiger partial charge in [-0.3, -0.25) is 0 Å². The minimum atomic E-state index is -3.32. The summed E-state index contributed by atoms with van der Waals surface area (Å²) in [5.41, 5.74) is 0.835. The van der Waals surface area contributed by atoms with Crippen molar-refractivity contribution in [2.24, 2.45) is 5.92 Å². The number of aryl methyl sites for hydroxylation is 1. The Bertz CT molecular complexity index is 1200. The summed E-state index contributed by atoms with van der Waals surface area (Å²) in [6.45, 7) is 2.76. The average Bonchev–Trinajstić information content (AvgIpc) is 3.48. The van der Waals surface area contributed by atoms with Crippen LogP contribution in [-0.2, 0) is 10.0 Å². The summed E-state index contributed by atoms with van der Waals surface area (Å²) in [4.78, 5) is 14.1. The van der Waals surface area contributed by atoms with E-state index in [4.69, 9.17) is 4.42 Å². The number of hydrogen-bond donors (Lipinski definition) is 1. The van der Waals surface area contributed by atoms with Crippen LogP contribution in [0.4, 0.5) is 5.82 Å². The molecular formula is C22H31N7O3S. The lowest BCUT2D eigenvalue weighted by Gasteiger charge is -2.36. The van der Waals surface area contributed by atoms with Crippen molar-refractivity contribution in [2.75, 3.05) is 30.8 Å². The van der Waals surface area contributed by atoms with E-state index in [1.54, 1.807) is 17.6 Å². The largest absolute Gasteiger partial charge is 0.425 e. The second-order valence-electron chi connectivity index (χ2n) is 9.36. The van der Waals surface area contributed by atoms with E-state index in [0.717, 1.165) is 55.4 Å². The van der Waals surface area contributed by atoms with Gasteiger partial charge in [-0.25, -0.2) is 22.7 Å². The predicted octanol–water partition coefficient (Wildman–Crippen LogP) is 2.85. The number of aromatic nitrogens is 5. The Hall–Kier alpha value is -2.53. The van der Waals surface area contributed by atoms with E-state index < -0.39 is 10.0 Å². The van der Waals surface area contributed by atoms with Gasteiger partial charge in [-0.1, -0.05) is 0 Å². The second kappa shape index (κ2) is 9.02. The van der Waals surface area contributed by atoms with Crippen LogP contribution in [-0.4, -0.2) is 69.8 Å². The van der Waals surface area contributed by atoms with E-state index in [0.29, 0.717) is 30.9 Å². The first-order valence-corrected chi connectivity index (χ1v) is 13.3. The summed E-state index contributed by atoms with van der Waals surface area (Å²) in [5, 5.41) is 9.03. The van der Waals surface area contributed by atoms with Gasteiger partial charge in [0.2, 0.25) is 21.8 Å². The summed E-state index contributed by atoms with van der Waals surface area (Å²) in [5.74, 6) is 2.38. The summed E-state index contributed by atoms with van der Waals surface area (Å²) < 4.78 is 33.6. The number of anilines is 1. The highest BCUT2D eigenvalue weighted by atomic mass is 32.2. The van der Waals surface area contributed by atoms with Gasteiger partial charge >= 0.3 is 0 Å². The lowest BCUT2D eigenvalue weighted by molar-refractivity contribution is 0.277. The van der Waals surface area contributed by atoms with Gasteiger partial charge in [0.05, 0.1) is 17.1 Å². The lowest BCUT2D eigenvalue weighted by atomic mass is 9.86. The molecule has 1 unspecified atom stereocenters. The molecule has 2 fully saturated rings. The highest BCUT2D eigenvalue weighted by Gasteiger charge is 2.35. The molecule has 5 rings (SSSR count). The Kier molecular flexibility index (Phi) is 6.09. The molecule has 11 heteroatoms. The number of H-pyrrole nitrogens is 1. The first-order valence-electron chi connectivity index (χ1n) is 11.7. The number of nitrogens with one attached hydrogen (secondary N) is 1. The van der Waals surface area contributed by atoms with Crippen LogP contribution in [0.2, 0.25) is 0 Å². The number of sulfonamides is 1. The zero-order chi connectivity index (χ0) is 23.0. The molecule has 0 spiro atoms. The van der Waals surface area contributed by atoms with Crippen LogP contribution >= 0.6 is 0 Å². The van der Waals surface area contributed by atoms with Crippen LogP contribution in [0.1, 0.15) is 56.2 Å². The molecule has 1 aliphatic carbocycles. The molecule has 1 saturated heterocycles. The molecule has 1 aliphatic heterocycles. The zero-order valence-electron chi connectivity index (χ0n) is 19.1. The van der Waals surface area contributed by atoms with Crippen LogP contribution < -0.4 is 4.90 Å². The van der Waals surface area contributed by atoms with E-state index >= 15 is 0 Å². The van der Waals surface area contributed by atoms with Gasteiger partial charge in [-0.05, 0) is 50.5 Å². The molecule has 1 atom stereocenters. The fourth-order valence-corrected chi connectivity index (χ4v) is 7.24. The Labute approximate surface area is 193 Å². The minimum Gasteiger partial charge on any atom is -0.425 e. The summed E-state index contributed by atoms with van der Waals surface area (Å²) >= 11 is 0. The summed E-state index contributed by atoms with van der Waals surface area (Å²) in [6.07, 6.45) is 8.87. The molecule has 1 N–H and O–H groups in total. The standard InChI is InChI=1S/C22H31N7O3S/c1-15-26-27-22(32-15)17-4-3-11-29(12-17)33(30,31)13-16-5-7-18(8-6-16)28(2)21-19-9-10-23-20(19)24-14-25-21/h9-10,14,16-18H,3-8,11-13H2,1-2H3,(H,23,24,25). The van der Waals surface area contributed by atoms with Crippen molar-refractivity contribution in [3.63, 3.8) is 0 Å². The maximum absolute atomic E-state index is 13.2. The fraction of sp³-hybridized carbons (Fsp3) is 0.636. The molecule has 0 radical (unpaired) electrons. The zero-order valence-corrected chi connectivity index (χ0v) is 20.0. The summed E-state index contributed by atoms with van der Waals surface area (Å²) in [6, 6.07) is 2.35. The van der Waals surface area contributed by atoms with Crippen molar-refractivity contribution in [1.82, 2.24) is 29.5 Å². The Morgan fingerprint density at radius 1 is 1.18 bits per heavy atom. The number of nitrogens with zero attached hydrogens (tertiary/aromatic N) is 6. The van der Waals surface area contributed by atoms with Gasteiger partial charge in [0.25, 0.3) is 0 Å². The molecule has 10 nitrogen and oxygen atoms in total. The van der Waals surface area contributed by atoms with Gasteiger partial charge in [0.15, 0.2) is 0 Å². The molecule has 3 aromatic rings. The average molecular weight is 474 g/mol. The highest BCUT2D eigenvalue weighted by molar-refractivity contribution is 7.89. The van der Waals surface area contributed by atoms with Crippen molar-refractivity contribution < 1.29 is 12.8 Å². The predicted molar refractivity (Wildman–Crippen MR) is 124 cm³/mol. The van der Waals surface area contributed by atoms with Gasteiger partial charge in [-0.2, -0.15) is 0 Å². The fourth-order valence-electron chi connectivity index (χ4n) is 5.29. The molecule has 0 aromatic carbocycles. The maximum atomic E-state index is 13.2. The molecular weight excluding hydrogens is 442 g/mol. The van der Waals surface area contributed by atoms with Gasteiger partial charge in [0.1, 0.15) is 17.8 Å². The first-order chi connectivity index (χ1) is 15.9. The van der Waals surface area contributed by atoms with Gasteiger partial charge in [0, 0.05) is 39.3 Å². The maximum Gasteiger partial charge on any atom is 0.220 e. The lowest BCUT2D eigenvalue weighted by Crippen LogP contribution is -2.43. The highest BCUT2D eigenvalue weighted by Crippen LogP contribution is 2.34. The van der Waals surface area contributed by atoms with E-state index in [2.05, 4.69) is 37.1 Å². The molecule has 0 amide bonds. The Morgan fingerprint density at radius 2 is 2.00 bits per heavy atom. The van der Waals surface area contributed by atoms with Crippen LogP contribution in [0.15, 0.2) is 23.0 Å². The van der Waals surface area contributed by atoms with E-state index in [1.807, 2.05) is 12.3 Å². The third-order valence-electron chi connectivity index (χ3n) is 7.15. The number of fused-ring (bicyclic) bond motifs is 1. The number of rotatable bonds is 6. The monoisotopic (exact) mass is 473 g/mol. The van der Waals surface area contributed by atoms with Gasteiger partial charge < -0.3 is 14.3 Å². The van der Waals surface area contributed by atoms with Crippen molar-refractivity contribution >= 4 is 26.9 Å². The number of aromatic amines is 1. The molecule has 1 saturated carbocycles. The molecule has 2 aliphatic rings. The topological polar surface area (TPSA) is 121 Å². The molecule has 0 bridgehead atoms. The Balaban J connectivity index is 1.18. The first kappa shape index (κ1) is 22.3. The second-order valence-corrected chi connectivity index (χ2v) is 11.4. The number of hydrogen-bond acceptors (Lipinski definition) is 8. The van der Waals surface area contributed by atoms with Gasteiger partial charge in [-0.15, -0.1) is 10.2 Å². The quantitative estimate of drug-likeness (QED) is 0.580. The SMILES string of the molecule is Cc1nnc(C2CCCN(S(=O)(=O)CC3CCC(N(C)c4ncnc5[nH]ccc45)CC3)C2)o1. The minimum absolute atomic E-state index is 0.0164. The van der Waals surface area contributed by atoms with E-state index in [9.17, 15) is 8.42 Å². The van der Waals surface area contributed by atoms with E-state index in [1.165, 1.54) is 0 Å².